The van der Waals surface area contributed by atoms with Gasteiger partial charge < -0.3 is 4.90 Å². The zero-order chi connectivity index (χ0) is 17.4. The lowest BCUT2D eigenvalue weighted by Crippen LogP contribution is -2.52. The molecule has 1 aromatic carbocycles. The molecule has 0 unspecified atom stereocenters. The summed E-state index contributed by atoms with van der Waals surface area (Å²) in [5.41, 5.74) is 1.97. The van der Waals surface area contributed by atoms with Crippen molar-refractivity contribution in [1.29, 1.82) is 0 Å². The van der Waals surface area contributed by atoms with Crippen molar-refractivity contribution in [1.82, 2.24) is 15.1 Å². The van der Waals surface area contributed by atoms with E-state index in [1.807, 2.05) is 25.1 Å². The summed E-state index contributed by atoms with van der Waals surface area (Å²) in [6, 6.07) is 5.66. The molecule has 128 valence electrons. The molecule has 0 spiro atoms. The van der Waals surface area contributed by atoms with Gasteiger partial charge in [-0.25, -0.2) is 10.1 Å². The Bertz CT molecular complexity index is 969. The Balaban J connectivity index is 1.70. The van der Waals surface area contributed by atoms with E-state index in [1.165, 1.54) is 5.57 Å². The van der Waals surface area contributed by atoms with Gasteiger partial charge >= 0.3 is 0 Å². The SMILES string of the molecule is C/C=C\C(=C/C)CN1CCN2C(=Nc3cccc4c(=O)[nH]nc2c34)C1. The maximum absolute atomic E-state index is 12.0. The van der Waals surface area contributed by atoms with Crippen molar-refractivity contribution in [3.8, 4) is 0 Å². The lowest BCUT2D eigenvalue weighted by atomic mass is 10.1. The normalized spacial score (nSPS) is 17.9. The molecule has 0 radical (unpaired) electrons. The van der Waals surface area contributed by atoms with Gasteiger partial charge in [-0.3, -0.25) is 9.69 Å². The molecule has 1 saturated heterocycles. The Labute approximate surface area is 146 Å². The molecule has 0 aliphatic carbocycles. The Morgan fingerprint density at radius 1 is 1.32 bits per heavy atom. The molecule has 1 aromatic heterocycles. The number of rotatable bonds is 3. The second kappa shape index (κ2) is 6.29. The van der Waals surface area contributed by atoms with E-state index in [2.05, 4.69) is 45.1 Å². The fourth-order valence-corrected chi connectivity index (χ4v) is 3.52. The number of nitrogens with zero attached hydrogens (tertiary/aromatic N) is 4. The number of benzene rings is 1. The van der Waals surface area contributed by atoms with Crippen LogP contribution >= 0.6 is 0 Å². The minimum absolute atomic E-state index is 0.165. The van der Waals surface area contributed by atoms with Gasteiger partial charge in [0.1, 0.15) is 5.84 Å². The molecule has 6 nitrogen and oxygen atoms in total. The lowest BCUT2D eigenvalue weighted by Gasteiger charge is -2.38. The van der Waals surface area contributed by atoms with Gasteiger partial charge in [-0.15, -0.1) is 0 Å². The highest BCUT2D eigenvalue weighted by Gasteiger charge is 2.30. The number of allylic oxidation sites excluding steroid dienone is 2. The summed E-state index contributed by atoms with van der Waals surface area (Å²) in [5, 5.41) is 8.45. The van der Waals surface area contributed by atoms with Crippen LogP contribution in [0.25, 0.3) is 10.8 Å². The monoisotopic (exact) mass is 335 g/mol. The smallest absolute Gasteiger partial charge is 0.272 e. The van der Waals surface area contributed by atoms with Gasteiger partial charge in [0.2, 0.25) is 0 Å². The van der Waals surface area contributed by atoms with E-state index >= 15 is 0 Å². The molecule has 0 bridgehead atoms. The van der Waals surface area contributed by atoms with Gasteiger partial charge in [0.25, 0.3) is 5.56 Å². The van der Waals surface area contributed by atoms with E-state index in [1.54, 1.807) is 0 Å². The highest BCUT2D eigenvalue weighted by molar-refractivity contribution is 6.14. The van der Waals surface area contributed by atoms with Crippen LogP contribution in [0.1, 0.15) is 13.8 Å². The quantitative estimate of drug-likeness (QED) is 0.876. The van der Waals surface area contributed by atoms with Crippen molar-refractivity contribution < 1.29 is 0 Å². The van der Waals surface area contributed by atoms with Crippen molar-refractivity contribution in [2.24, 2.45) is 4.99 Å². The first-order valence-electron chi connectivity index (χ1n) is 8.58. The van der Waals surface area contributed by atoms with Crippen LogP contribution in [0.15, 0.2) is 51.8 Å². The van der Waals surface area contributed by atoms with E-state index < -0.39 is 0 Å². The van der Waals surface area contributed by atoms with Crippen molar-refractivity contribution in [3.63, 3.8) is 0 Å². The van der Waals surface area contributed by atoms with Gasteiger partial charge in [0.05, 0.1) is 23.0 Å². The maximum atomic E-state index is 12.0. The summed E-state index contributed by atoms with van der Waals surface area (Å²) in [6.45, 7) is 7.53. The molecule has 1 fully saturated rings. The number of piperazine rings is 1. The van der Waals surface area contributed by atoms with Crippen LogP contribution in [-0.2, 0) is 0 Å². The maximum Gasteiger partial charge on any atom is 0.272 e. The first kappa shape index (κ1) is 15.8. The first-order valence-corrected chi connectivity index (χ1v) is 8.58. The predicted molar refractivity (Wildman–Crippen MR) is 102 cm³/mol. The number of aromatic amines is 1. The summed E-state index contributed by atoms with van der Waals surface area (Å²) >= 11 is 0. The number of nitrogens with one attached hydrogen (secondary N) is 1. The van der Waals surface area contributed by atoms with E-state index in [9.17, 15) is 4.79 Å². The van der Waals surface area contributed by atoms with Crippen molar-refractivity contribution >= 4 is 28.1 Å². The van der Waals surface area contributed by atoms with E-state index in [0.29, 0.717) is 5.39 Å². The summed E-state index contributed by atoms with van der Waals surface area (Å²) in [4.78, 5) is 21.4. The molecule has 6 heteroatoms. The minimum atomic E-state index is -0.165. The third-order valence-corrected chi connectivity index (χ3v) is 4.75. The Hall–Kier alpha value is -2.73. The minimum Gasteiger partial charge on any atom is -0.310 e. The number of amidine groups is 1. The lowest BCUT2D eigenvalue weighted by molar-refractivity contribution is 0.331. The standard InChI is InChI=1S/C19H21N5O/c1-3-6-13(4-2)11-23-9-10-24-16(12-23)20-15-8-5-7-14-17(15)18(24)21-22-19(14)25/h3-8H,9-12H2,1-2H3,(H,22,25)/b6-3-,13-4+. The van der Waals surface area contributed by atoms with Crippen molar-refractivity contribution in [2.45, 2.75) is 13.8 Å². The largest absolute Gasteiger partial charge is 0.310 e. The summed E-state index contributed by atoms with van der Waals surface area (Å²) in [5.74, 6) is 1.80. The van der Waals surface area contributed by atoms with E-state index in [0.717, 1.165) is 48.9 Å². The topological polar surface area (TPSA) is 64.6 Å². The molecule has 0 saturated carbocycles. The second-order valence-electron chi connectivity index (χ2n) is 6.33. The molecule has 1 N–H and O–H groups in total. The summed E-state index contributed by atoms with van der Waals surface area (Å²) < 4.78 is 0. The average Bonchev–Trinajstić information content (AvgIpc) is 2.63. The van der Waals surface area contributed by atoms with Crippen LogP contribution in [0.3, 0.4) is 0 Å². The van der Waals surface area contributed by atoms with Crippen LogP contribution in [-0.4, -0.2) is 47.1 Å². The molecule has 4 rings (SSSR count). The van der Waals surface area contributed by atoms with Crippen LogP contribution in [0.2, 0.25) is 0 Å². The molecular formula is C19H21N5O. The Morgan fingerprint density at radius 2 is 2.20 bits per heavy atom. The van der Waals surface area contributed by atoms with Gasteiger partial charge in [0.15, 0.2) is 5.82 Å². The van der Waals surface area contributed by atoms with Gasteiger partial charge in [-0.05, 0) is 31.6 Å². The first-order chi connectivity index (χ1) is 12.2. The van der Waals surface area contributed by atoms with Crippen molar-refractivity contribution in [3.05, 3.63) is 52.4 Å². The molecule has 25 heavy (non-hydrogen) atoms. The third kappa shape index (κ3) is 2.68. The number of hydrogen-bond acceptors (Lipinski definition) is 5. The number of hydrogen-bond donors (Lipinski definition) is 1. The number of anilines is 1. The van der Waals surface area contributed by atoms with Crippen LogP contribution in [0.4, 0.5) is 11.5 Å². The zero-order valence-electron chi connectivity index (χ0n) is 14.5. The molecule has 2 aliphatic rings. The van der Waals surface area contributed by atoms with Gasteiger partial charge in [-0.2, -0.15) is 5.10 Å². The van der Waals surface area contributed by atoms with Crippen LogP contribution < -0.4 is 10.5 Å². The summed E-state index contributed by atoms with van der Waals surface area (Å²) in [7, 11) is 0. The molecule has 0 atom stereocenters. The van der Waals surface area contributed by atoms with Gasteiger partial charge in [0, 0.05) is 19.6 Å². The van der Waals surface area contributed by atoms with Crippen molar-refractivity contribution in [2.75, 3.05) is 31.1 Å². The van der Waals surface area contributed by atoms with Crippen LogP contribution in [0, 0.1) is 0 Å². The van der Waals surface area contributed by atoms with Gasteiger partial charge in [-0.1, -0.05) is 24.3 Å². The zero-order valence-corrected chi connectivity index (χ0v) is 14.5. The highest BCUT2D eigenvalue weighted by atomic mass is 16.1. The van der Waals surface area contributed by atoms with E-state index in [4.69, 9.17) is 4.99 Å². The molecule has 2 aromatic rings. The third-order valence-electron chi connectivity index (χ3n) is 4.75. The summed E-state index contributed by atoms with van der Waals surface area (Å²) in [6.07, 6.45) is 6.37. The van der Waals surface area contributed by atoms with E-state index in [-0.39, 0.29) is 5.56 Å². The predicted octanol–water partition coefficient (Wildman–Crippen LogP) is 2.61. The highest BCUT2D eigenvalue weighted by Crippen LogP contribution is 2.36. The number of H-pyrrole nitrogens is 1. The number of aromatic nitrogens is 2. The molecule has 2 aliphatic heterocycles. The second-order valence-corrected chi connectivity index (χ2v) is 6.33. The Morgan fingerprint density at radius 3 is 3.00 bits per heavy atom. The Kier molecular flexibility index (Phi) is 3.97. The van der Waals surface area contributed by atoms with Crippen LogP contribution in [0.5, 0.6) is 0 Å². The fourth-order valence-electron chi connectivity index (χ4n) is 3.52. The number of aliphatic imine (C=N–C) groups is 1. The average molecular weight is 335 g/mol. The number of fused-ring (bicyclic) bond motifs is 2. The molecule has 0 amide bonds. The fraction of sp³-hybridized carbons (Fsp3) is 0.316. The molecule has 3 heterocycles. The molecular weight excluding hydrogens is 314 g/mol.